The van der Waals surface area contributed by atoms with E-state index in [0.29, 0.717) is 0 Å². The van der Waals surface area contributed by atoms with Crippen LogP contribution in [0.5, 0.6) is 0 Å². The van der Waals surface area contributed by atoms with E-state index < -0.39 is 0 Å². The molecule has 0 radical (unpaired) electrons. The van der Waals surface area contributed by atoms with Crippen LogP contribution in [0.25, 0.3) is 0 Å². The molecule has 0 amide bonds. The summed E-state index contributed by atoms with van der Waals surface area (Å²) in [5.41, 5.74) is 8.95. The monoisotopic (exact) mass is 258 g/mol. The third-order valence-electron chi connectivity index (χ3n) is 3.74. The number of nitrogens with one attached hydrogen (secondary N) is 1. The van der Waals surface area contributed by atoms with Gasteiger partial charge in [-0.1, -0.05) is 18.2 Å². The molecule has 0 saturated heterocycles. The SMILES string of the molecule is Cc1cccc(C)c1CC(NN)c1cc(C)n(C)n1. The minimum Gasteiger partial charge on any atom is -0.273 e. The summed E-state index contributed by atoms with van der Waals surface area (Å²) in [7, 11) is 1.95. The minimum atomic E-state index is 0.0414. The quantitative estimate of drug-likeness (QED) is 0.652. The predicted molar refractivity (Wildman–Crippen MR) is 77.6 cm³/mol. The summed E-state index contributed by atoms with van der Waals surface area (Å²) in [6.45, 7) is 6.32. The lowest BCUT2D eigenvalue weighted by Crippen LogP contribution is -2.30. The number of hydrazine groups is 1. The lowest BCUT2D eigenvalue weighted by Gasteiger charge is -2.17. The van der Waals surface area contributed by atoms with Gasteiger partial charge < -0.3 is 0 Å². The summed E-state index contributed by atoms with van der Waals surface area (Å²) in [6.07, 6.45) is 0.853. The standard InChI is InChI=1S/C15H22N4/c1-10-6-5-7-11(2)13(10)9-14(17-16)15-8-12(3)19(4)18-15/h5-8,14,17H,9,16H2,1-4H3. The fourth-order valence-electron chi connectivity index (χ4n) is 2.38. The summed E-state index contributed by atoms with van der Waals surface area (Å²) in [6, 6.07) is 8.49. The van der Waals surface area contributed by atoms with Crippen molar-refractivity contribution in [1.82, 2.24) is 15.2 Å². The number of benzene rings is 1. The Labute approximate surface area is 114 Å². The summed E-state index contributed by atoms with van der Waals surface area (Å²) in [5.74, 6) is 5.71. The molecule has 0 saturated carbocycles. The first-order valence-electron chi connectivity index (χ1n) is 6.54. The van der Waals surface area contributed by atoms with Crippen LogP contribution in [0.2, 0.25) is 0 Å². The van der Waals surface area contributed by atoms with Crippen LogP contribution in [-0.2, 0) is 13.5 Å². The summed E-state index contributed by atoms with van der Waals surface area (Å²) in [4.78, 5) is 0. The molecule has 2 aromatic rings. The Hall–Kier alpha value is -1.65. The number of aromatic nitrogens is 2. The zero-order valence-electron chi connectivity index (χ0n) is 12.1. The lowest BCUT2D eigenvalue weighted by molar-refractivity contribution is 0.527. The van der Waals surface area contributed by atoms with Crippen LogP contribution in [0.15, 0.2) is 24.3 Å². The molecular weight excluding hydrogens is 236 g/mol. The van der Waals surface area contributed by atoms with Gasteiger partial charge in [-0.05, 0) is 49.9 Å². The highest BCUT2D eigenvalue weighted by Gasteiger charge is 2.16. The van der Waals surface area contributed by atoms with Crippen molar-refractivity contribution >= 4 is 0 Å². The first-order valence-corrected chi connectivity index (χ1v) is 6.54. The number of nitrogens with zero attached hydrogens (tertiary/aromatic N) is 2. The number of rotatable bonds is 4. The maximum absolute atomic E-state index is 5.71. The highest BCUT2D eigenvalue weighted by molar-refractivity contribution is 5.35. The second kappa shape index (κ2) is 5.55. The molecule has 102 valence electrons. The minimum absolute atomic E-state index is 0.0414. The van der Waals surface area contributed by atoms with E-state index in [1.54, 1.807) is 0 Å². The number of aryl methyl sites for hydroxylation is 4. The van der Waals surface area contributed by atoms with Crippen LogP contribution in [0.1, 0.15) is 34.1 Å². The lowest BCUT2D eigenvalue weighted by atomic mass is 9.95. The molecule has 1 unspecified atom stereocenters. The second-order valence-electron chi connectivity index (χ2n) is 5.13. The molecule has 0 spiro atoms. The molecule has 1 aromatic carbocycles. The largest absolute Gasteiger partial charge is 0.273 e. The maximum Gasteiger partial charge on any atom is 0.0813 e. The van der Waals surface area contributed by atoms with E-state index >= 15 is 0 Å². The van der Waals surface area contributed by atoms with Gasteiger partial charge in [0.05, 0.1) is 11.7 Å². The van der Waals surface area contributed by atoms with Gasteiger partial charge >= 0.3 is 0 Å². The van der Waals surface area contributed by atoms with Crippen molar-refractivity contribution in [2.24, 2.45) is 12.9 Å². The molecule has 0 fully saturated rings. The van der Waals surface area contributed by atoms with Gasteiger partial charge in [-0.25, -0.2) is 0 Å². The molecule has 4 nitrogen and oxygen atoms in total. The molecule has 3 N–H and O–H groups in total. The third kappa shape index (κ3) is 2.85. The zero-order chi connectivity index (χ0) is 14.0. The molecule has 0 bridgehead atoms. The molecule has 0 aliphatic heterocycles. The van der Waals surface area contributed by atoms with Crippen molar-refractivity contribution in [3.63, 3.8) is 0 Å². The van der Waals surface area contributed by atoms with E-state index in [-0.39, 0.29) is 6.04 Å². The molecule has 0 aliphatic carbocycles. The Morgan fingerprint density at radius 2 is 1.89 bits per heavy atom. The third-order valence-corrected chi connectivity index (χ3v) is 3.74. The van der Waals surface area contributed by atoms with E-state index in [0.717, 1.165) is 17.8 Å². The Morgan fingerprint density at radius 3 is 2.37 bits per heavy atom. The molecule has 1 aromatic heterocycles. The van der Waals surface area contributed by atoms with Crippen molar-refractivity contribution in [2.45, 2.75) is 33.2 Å². The fraction of sp³-hybridized carbons (Fsp3) is 0.400. The normalized spacial score (nSPS) is 12.7. The maximum atomic E-state index is 5.71. The molecule has 0 aliphatic rings. The van der Waals surface area contributed by atoms with Gasteiger partial charge in [-0.3, -0.25) is 16.0 Å². The van der Waals surface area contributed by atoms with Crippen LogP contribution >= 0.6 is 0 Å². The van der Waals surface area contributed by atoms with Gasteiger partial charge in [0.25, 0.3) is 0 Å². The fourth-order valence-corrected chi connectivity index (χ4v) is 2.38. The first-order chi connectivity index (χ1) is 9.02. The Balaban J connectivity index is 2.29. The van der Waals surface area contributed by atoms with Crippen LogP contribution in [0, 0.1) is 20.8 Å². The average Bonchev–Trinajstić information content (AvgIpc) is 2.69. The summed E-state index contributed by atoms with van der Waals surface area (Å²) < 4.78 is 1.88. The molecule has 2 rings (SSSR count). The van der Waals surface area contributed by atoms with Gasteiger partial charge in [0, 0.05) is 12.7 Å². The van der Waals surface area contributed by atoms with Crippen molar-refractivity contribution in [3.05, 3.63) is 52.3 Å². The van der Waals surface area contributed by atoms with Gasteiger partial charge in [0.2, 0.25) is 0 Å². The first kappa shape index (κ1) is 13.8. The number of nitrogens with two attached hydrogens (primary N) is 1. The van der Waals surface area contributed by atoms with Crippen molar-refractivity contribution in [1.29, 1.82) is 0 Å². The molecular formula is C15H22N4. The van der Waals surface area contributed by atoms with Gasteiger partial charge in [0.1, 0.15) is 0 Å². The highest BCUT2D eigenvalue weighted by atomic mass is 15.3. The van der Waals surface area contributed by atoms with Crippen LogP contribution in [0.4, 0.5) is 0 Å². The summed E-state index contributed by atoms with van der Waals surface area (Å²) in [5, 5.41) is 4.51. The van der Waals surface area contributed by atoms with Crippen LogP contribution in [0.3, 0.4) is 0 Å². The van der Waals surface area contributed by atoms with Crippen LogP contribution < -0.4 is 11.3 Å². The predicted octanol–water partition coefficient (Wildman–Crippen LogP) is 2.09. The molecule has 1 atom stereocenters. The highest BCUT2D eigenvalue weighted by Crippen LogP contribution is 2.22. The van der Waals surface area contributed by atoms with Crippen LogP contribution in [-0.4, -0.2) is 9.78 Å². The van der Waals surface area contributed by atoms with E-state index in [1.807, 2.05) is 18.7 Å². The van der Waals surface area contributed by atoms with E-state index in [9.17, 15) is 0 Å². The smallest absolute Gasteiger partial charge is 0.0813 e. The van der Waals surface area contributed by atoms with E-state index in [4.69, 9.17) is 5.84 Å². The zero-order valence-corrected chi connectivity index (χ0v) is 12.1. The van der Waals surface area contributed by atoms with Crippen molar-refractivity contribution in [2.75, 3.05) is 0 Å². The Kier molecular flexibility index (Phi) is 4.02. The molecule has 19 heavy (non-hydrogen) atoms. The number of hydrogen-bond donors (Lipinski definition) is 2. The average molecular weight is 258 g/mol. The number of hydrogen-bond acceptors (Lipinski definition) is 3. The molecule has 4 heteroatoms. The van der Waals surface area contributed by atoms with Crippen molar-refractivity contribution in [3.8, 4) is 0 Å². The second-order valence-corrected chi connectivity index (χ2v) is 5.13. The van der Waals surface area contributed by atoms with E-state index in [2.05, 4.69) is 48.6 Å². The van der Waals surface area contributed by atoms with E-state index in [1.165, 1.54) is 16.7 Å². The van der Waals surface area contributed by atoms with Gasteiger partial charge in [-0.2, -0.15) is 5.10 Å². The van der Waals surface area contributed by atoms with Crippen molar-refractivity contribution < 1.29 is 0 Å². The topological polar surface area (TPSA) is 55.9 Å². The molecule has 1 heterocycles. The Bertz CT molecular complexity index is 532. The Morgan fingerprint density at radius 1 is 1.26 bits per heavy atom. The van der Waals surface area contributed by atoms with Gasteiger partial charge in [-0.15, -0.1) is 0 Å². The van der Waals surface area contributed by atoms with Gasteiger partial charge in [0.15, 0.2) is 0 Å². The summed E-state index contributed by atoms with van der Waals surface area (Å²) >= 11 is 0.